The molecule has 1 amide bonds. The Morgan fingerprint density at radius 3 is 2.56 bits per heavy atom. The summed E-state index contributed by atoms with van der Waals surface area (Å²) in [6, 6.07) is 7.27. The monoisotopic (exact) mass is 357 g/mol. The molecule has 0 saturated carbocycles. The van der Waals surface area contributed by atoms with Crippen LogP contribution in [0.15, 0.2) is 34.4 Å². The molecule has 0 atom stereocenters. The number of carbonyl (C=O) groups excluding carboxylic acids is 1. The normalized spacial score (nSPS) is 10.8. The molecule has 0 spiro atoms. The second-order valence-electron chi connectivity index (χ2n) is 5.60. The van der Waals surface area contributed by atoms with Crippen LogP contribution in [0.25, 0.3) is 10.2 Å². The third-order valence-corrected chi connectivity index (χ3v) is 4.62. The first-order chi connectivity index (χ1) is 11.9. The summed E-state index contributed by atoms with van der Waals surface area (Å²) in [6.07, 6.45) is 0. The Morgan fingerprint density at radius 2 is 1.92 bits per heavy atom. The number of amides is 1. The minimum atomic E-state index is -1.19. The molecule has 2 N–H and O–H groups in total. The van der Waals surface area contributed by atoms with Crippen molar-refractivity contribution >= 4 is 39.1 Å². The molecule has 3 rings (SSSR count). The molecule has 0 aliphatic heterocycles. The average molecular weight is 357 g/mol. The van der Waals surface area contributed by atoms with Gasteiger partial charge in [-0.05, 0) is 26.0 Å². The Hall–Kier alpha value is -3.00. The van der Waals surface area contributed by atoms with Crippen molar-refractivity contribution in [1.82, 2.24) is 9.55 Å². The lowest BCUT2D eigenvalue weighted by molar-refractivity contribution is -0.116. The molecule has 0 unspecified atom stereocenters. The van der Waals surface area contributed by atoms with Gasteiger partial charge in [0.05, 0.1) is 10.9 Å². The standard InChI is InChI=1S/C17H15N3O4S/c1-9-3-5-11(6-4-9)19-13(21)7-20-10(2)18-15-14(16(20)22)12(8-25-15)17(23)24/h3-6,8H,7H2,1-2H3,(H,19,21)(H,23,24). The minimum absolute atomic E-state index is 0.0336. The maximum atomic E-state index is 12.7. The average Bonchev–Trinajstić information content (AvgIpc) is 2.97. The van der Waals surface area contributed by atoms with Crippen LogP contribution in [0.5, 0.6) is 0 Å². The first-order valence-corrected chi connectivity index (χ1v) is 8.33. The molecule has 128 valence electrons. The van der Waals surface area contributed by atoms with E-state index in [9.17, 15) is 19.5 Å². The summed E-state index contributed by atoms with van der Waals surface area (Å²) in [5.74, 6) is -1.22. The smallest absolute Gasteiger partial charge is 0.337 e. The number of carbonyl (C=O) groups is 2. The van der Waals surface area contributed by atoms with Crippen LogP contribution in [-0.4, -0.2) is 26.5 Å². The molecule has 0 aliphatic rings. The number of benzene rings is 1. The van der Waals surface area contributed by atoms with Crippen molar-refractivity contribution in [2.45, 2.75) is 20.4 Å². The van der Waals surface area contributed by atoms with Crippen LogP contribution >= 0.6 is 11.3 Å². The predicted octanol–water partition coefficient (Wildman–Crippen LogP) is 2.41. The molecule has 8 heteroatoms. The zero-order valence-corrected chi connectivity index (χ0v) is 14.4. The van der Waals surface area contributed by atoms with Gasteiger partial charge in [-0.25, -0.2) is 9.78 Å². The summed E-state index contributed by atoms with van der Waals surface area (Å²) in [4.78, 5) is 40.8. The Kier molecular flexibility index (Phi) is 4.37. The zero-order valence-electron chi connectivity index (χ0n) is 13.6. The molecule has 1 aromatic carbocycles. The molecule has 0 aliphatic carbocycles. The highest BCUT2D eigenvalue weighted by Gasteiger charge is 2.19. The van der Waals surface area contributed by atoms with Crippen molar-refractivity contribution in [3.63, 3.8) is 0 Å². The van der Waals surface area contributed by atoms with Gasteiger partial charge in [0.15, 0.2) is 0 Å². The van der Waals surface area contributed by atoms with Gasteiger partial charge in [-0.2, -0.15) is 0 Å². The van der Waals surface area contributed by atoms with E-state index in [2.05, 4.69) is 10.3 Å². The van der Waals surface area contributed by atoms with Crippen LogP contribution in [0, 0.1) is 13.8 Å². The van der Waals surface area contributed by atoms with Crippen molar-refractivity contribution in [2.24, 2.45) is 0 Å². The third-order valence-electron chi connectivity index (χ3n) is 3.75. The number of carboxylic acid groups (broad SMARTS) is 1. The Bertz CT molecular complexity index is 1030. The quantitative estimate of drug-likeness (QED) is 0.747. The van der Waals surface area contributed by atoms with Crippen LogP contribution < -0.4 is 10.9 Å². The zero-order chi connectivity index (χ0) is 18.1. The van der Waals surface area contributed by atoms with Crippen LogP contribution in [0.3, 0.4) is 0 Å². The number of hydrogen-bond donors (Lipinski definition) is 2. The highest BCUT2D eigenvalue weighted by Crippen LogP contribution is 2.21. The van der Waals surface area contributed by atoms with Crippen molar-refractivity contribution in [3.8, 4) is 0 Å². The Labute approximate surface area is 146 Å². The Morgan fingerprint density at radius 1 is 1.24 bits per heavy atom. The number of hydrogen-bond acceptors (Lipinski definition) is 5. The van der Waals surface area contributed by atoms with Gasteiger partial charge in [0.2, 0.25) is 5.91 Å². The number of aryl methyl sites for hydroxylation is 2. The fourth-order valence-corrected chi connectivity index (χ4v) is 3.40. The van der Waals surface area contributed by atoms with E-state index >= 15 is 0 Å². The maximum Gasteiger partial charge on any atom is 0.337 e. The first-order valence-electron chi connectivity index (χ1n) is 7.45. The van der Waals surface area contributed by atoms with E-state index in [0.717, 1.165) is 16.9 Å². The second-order valence-corrected chi connectivity index (χ2v) is 6.46. The van der Waals surface area contributed by atoms with Gasteiger partial charge in [0.1, 0.15) is 17.2 Å². The summed E-state index contributed by atoms with van der Waals surface area (Å²) in [5, 5.41) is 13.3. The molecule has 0 saturated heterocycles. The minimum Gasteiger partial charge on any atom is -0.478 e. The summed E-state index contributed by atoms with van der Waals surface area (Å²) in [7, 11) is 0. The number of fused-ring (bicyclic) bond motifs is 1. The fourth-order valence-electron chi connectivity index (χ4n) is 2.45. The molecule has 2 aromatic heterocycles. The van der Waals surface area contributed by atoms with Gasteiger partial charge < -0.3 is 10.4 Å². The maximum absolute atomic E-state index is 12.7. The molecular weight excluding hydrogens is 342 g/mol. The molecule has 7 nitrogen and oxygen atoms in total. The van der Waals surface area contributed by atoms with Crippen molar-refractivity contribution < 1.29 is 14.7 Å². The summed E-state index contributed by atoms with van der Waals surface area (Å²) >= 11 is 1.10. The van der Waals surface area contributed by atoms with E-state index in [1.165, 1.54) is 9.95 Å². The number of thiophene rings is 1. The predicted molar refractivity (Wildman–Crippen MR) is 95.4 cm³/mol. The van der Waals surface area contributed by atoms with Gasteiger partial charge in [-0.15, -0.1) is 11.3 Å². The molecule has 0 radical (unpaired) electrons. The summed E-state index contributed by atoms with van der Waals surface area (Å²) < 4.78 is 1.19. The molecule has 3 aromatic rings. The largest absolute Gasteiger partial charge is 0.478 e. The van der Waals surface area contributed by atoms with E-state index < -0.39 is 11.5 Å². The van der Waals surface area contributed by atoms with E-state index in [0.29, 0.717) is 16.3 Å². The lowest BCUT2D eigenvalue weighted by Crippen LogP contribution is -2.30. The topological polar surface area (TPSA) is 101 Å². The molecule has 2 heterocycles. The number of carboxylic acids is 1. The van der Waals surface area contributed by atoms with Crippen molar-refractivity contribution in [1.29, 1.82) is 0 Å². The summed E-state index contributed by atoms with van der Waals surface area (Å²) in [6.45, 7) is 3.31. The molecule has 0 bridgehead atoms. The van der Waals surface area contributed by atoms with Crippen molar-refractivity contribution in [2.75, 3.05) is 5.32 Å². The van der Waals surface area contributed by atoms with E-state index in [4.69, 9.17) is 0 Å². The highest BCUT2D eigenvalue weighted by atomic mass is 32.1. The number of anilines is 1. The lowest BCUT2D eigenvalue weighted by atomic mass is 10.2. The molecular formula is C17H15N3O4S. The lowest BCUT2D eigenvalue weighted by Gasteiger charge is -2.10. The second kappa shape index (κ2) is 6.48. The van der Waals surface area contributed by atoms with Gasteiger partial charge in [0, 0.05) is 11.1 Å². The van der Waals surface area contributed by atoms with Crippen LogP contribution in [-0.2, 0) is 11.3 Å². The van der Waals surface area contributed by atoms with Gasteiger partial charge in [0.25, 0.3) is 5.56 Å². The number of aromatic nitrogens is 2. The first kappa shape index (κ1) is 16.8. The fraction of sp³-hybridized carbons (Fsp3) is 0.176. The SMILES string of the molecule is Cc1ccc(NC(=O)Cn2c(C)nc3scc(C(=O)O)c3c2=O)cc1. The number of nitrogens with zero attached hydrogens (tertiary/aromatic N) is 2. The van der Waals surface area contributed by atoms with Crippen LogP contribution in [0.4, 0.5) is 5.69 Å². The van der Waals surface area contributed by atoms with Crippen LogP contribution in [0.2, 0.25) is 0 Å². The van der Waals surface area contributed by atoms with E-state index in [1.54, 1.807) is 19.1 Å². The highest BCUT2D eigenvalue weighted by molar-refractivity contribution is 7.17. The van der Waals surface area contributed by atoms with E-state index in [-0.39, 0.29) is 23.4 Å². The van der Waals surface area contributed by atoms with Crippen molar-refractivity contribution in [3.05, 3.63) is 57.0 Å². The molecule has 0 fully saturated rings. The molecule has 25 heavy (non-hydrogen) atoms. The Balaban J connectivity index is 1.94. The van der Waals surface area contributed by atoms with Crippen LogP contribution in [0.1, 0.15) is 21.7 Å². The van der Waals surface area contributed by atoms with E-state index in [1.807, 2.05) is 19.1 Å². The van der Waals surface area contributed by atoms with Gasteiger partial charge in [-0.1, -0.05) is 17.7 Å². The van der Waals surface area contributed by atoms with Gasteiger partial charge >= 0.3 is 5.97 Å². The number of nitrogens with one attached hydrogen (secondary N) is 1. The summed E-state index contributed by atoms with van der Waals surface area (Å²) in [5.41, 5.74) is 1.07. The number of aromatic carboxylic acids is 1. The number of rotatable bonds is 4. The van der Waals surface area contributed by atoms with Gasteiger partial charge in [-0.3, -0.25) is 14.2 Å². The third kappa shape index (κ3) is 3.29.